The van der Waals surface area contributed by atoms with Crippen LogP contribution in [0.2, 0.25) is 0 Å². The zero-order valence-electron chi connectivity index (χ0n) is 11.9. The van der Waals surface area contributed by atoms with Crippen molar-refractivity contribution in [3.63, 3.8) is 0 Å². The van der Waals surface area contributed by atoms with Crippen molar-refractivity contribution in [3.05, 3.63) is 35.9 Å². The fourth-order valence-electron chi connectivity index (χ4n) is 2.46. The van der Waals surface area contributed by atoms with Crippen LogP contribution < -0.4 is 5.73 Å². The Balaban J connectivity index is 2.01. The van der Waals surface area contributed by atoms with Gasteiger partial charge in [-0.25, -0.2) is 0 Å². The molecule has 104 valence electrons. The van der Waals surface area contributed by atoms with Crippen LogP contribution in [0.5, 0.6) is 0 Å². The minimum Gasteiger partial charge on any atom is -0.338 e. The normalized spacial score (nSPS) is 20.1. The molecule has 0 aliphatic heterocycles. The third-order valence-corrected chi connectivity index (χ3v) is 3.97. The van der Waals surface area contributed by atoms with E-state index in [9.17, 15) is 4.79 Å². The third-order valence-electron chi connectivity index (χ3n) is 3.97. The largest absolute Gasteiger partial charge is 0.338 e. The lowest BCUT2D eigenvalue weighted by molar-refractivity contribution is -0.134. The maximum atomic E-state index is 12.5. The highest BCUT2D eigenvalue weighted by atomic mass is 16.2. The van der Waals surface area contributed by atoms with E-state index in [0.717, 1.165) is 19.4 Å². The molecule has 1 fully saturated rings. The molecule has 2 rings (SSSR count). The molecule has 1 aromatic rings. The van der Waals surface area contributed by atoms with Gasteiger partial charge in [0.1, 0.15) is 0 Å². The lowest BCUT2D eigenvalue weighted by atomic mass is 10.1. The summed E-state index contributed by atoms with van der Waals surface area (Å²) in [5, 5.41) is 0. The van der Waals surface area contributed by atoms with Gasteiger partial charge in [0.15, 0.2) is 0 Å². The summed E-state index contributed by atoms with van der Waals surface area (Å²) in [6, 6.07) is 10.2. The van der Waals surface area contributed by atoms with Crippen LogP contribution in [0, 0.1) is 11.3 Å². The van der Waals surface area contributed by atoms with E-state index >= 15 is 0 Å². The monoisotopic (exact) mass is 260 g/mol. The number of hydrogen-bond acceptors (Lipinski definition) is 2. The number of carbonyl (C=O) groups excluding carboxylic acids is 1. The van der Waals surface area contributed by atoms with Gasteiger partial charge in [-0.15, -0.1) is 0 Å². The topological polar surface area (TPSA) is 46.3 Å². The van der Waals surface area contributed by atoms with Gasteiger partial charge < -0.3 is 10.6 Å². The molecule has 0 heterocycles. The van der Waals surface area contributed by atoms with Crippen LogP contribution in [0.25, 0.3) is 0 Å². The number of nitrogens with zero attached hydrogens (tertiary/aromatic N) is 1. The minimum absolute atomic E-state index is 0.189. The molecule has 1 unspecified atom stereocenters. The highest BCUT2D eigenvalue weighted by Crippen LogP contribution is 2.52. The van der Waals surface area contributed by atoms with Gasteiger partial charge in [0, 0.05) is 19.0 Å². The SMILES string of the molecule is CC1(C)CC1C(=O)N(CCCN)Cc1ccccc1. The van der Waals surface area contributed by atoms with Gasteiger partial charge in [-0.3, -0.25) is 4.79 Å². The number of rotatable bonds is 6. The molecule has 3 heteroatoms. The van der Waals surface area contributed by atoms with Crippen molar-refractivity contribution in [3.8, 4) is 0 Å². The van der Waals surface area contributed by atoms with E-state index in [4.69, 9.17) is 5.73 Å². The standard InChI is InChI=1S/C16H24N2O/c1-16(2)11-14(16)15(19)18(10-6-9-17)12-13-7-4-3-5-8-13/h3-5,7-8,14H,6,9-12,17H2,1-2H3. The molecule has 19 heavy (non-hydrogen) atoms. The van der Waals surface area contributed by atoms with Crippen LogP contribution in [-0.4, -0.2) is 23.9 Å². The molecule has 3 nitrogen and oxygen atoms in total. The Morgan fingerprint density at radius 3 is 2.53 bits per heavy atom. The zero-order chi connectivity index (χ0) is 13.9. The first-order chi connectivity index (χ1) is 9.04. The fraction of sp³-hybridized carbons (Fsp3) is 0.562. The average molecular weight is 260 g/mol. The maximum Gasteiger partial charge on any atom is 0.226 e. The molecule has 0 saturated heterocycles. The molecule has 0 spiro atoms. The first kappa shape index (κ1) is 14.1. The summed E-state index contributed by atoms with van der Waals surface area (Å²) in [6.07, 6.45) is 1.88. The Hall–Kier alpha value is -1.35. The predicted octanol–water partition coefficient (Wildman–Crippen LogP) is 2.41. The van der Waals surface area contributed by atoms with Crippen molar-refractivity contribution in [1.82, 2.24) is 4.90 Å². The lowest BCUT2D eigenvalue weighted by Gasteiger charge is -2.23. The van der Waals surface area contributed by atoms with E-state index in [1.54, 1.807) is 0 Å². The van der Waals surface area contributed by atoms with Crippen molar-refractivity contribution in [1.29, 1.82) is 0 Å². The summed E-state index contributed by atoms with van der Waals surface area (Å²) in [4.78, 5) is 14.5. The minimum atomic E-state index is 0.189. The van der Waals surface area contributed by atoms with Gasteiger partial charge in [-0.2, -0.15) is 0 Å². The molecule has 1 amide bonds. The van der Waals surface area contributed by atoms with E-state index in [1.165, 1.54) is 5.56 Å². The van der Waals surface area contributed by atoms with Gasteiger partial charge in [0.05, 0.1) is 0 Å². The summed E-state index contributed by atoms with van der Waals surface area (Å²) in [7, 11) is 0. The molecule has 2 N–H and O–H groups in total. The Bertz CT molecular complexity index is 428. The molecule has 1 aromatic carbocycles. The number of benzene rings is 1. The highest BCUT2D eigenvalue weighted by Gasteiger charge is 2.51. The smallest absolute Gasteiger partial charge is 0.226 e. The van der Waals surface area contributed by atoms with Crippen molar-refractivity contribution in [2.24, 2.45) is 17.1 Å². The second kappa shape index (κ2) is 5.74. The van der Waals surface area contributed by atoms with Gasteiger partial charge >= 0.3 is 0 Å². The van der Waals surface area contributed by atoms with E-state index in [2.05, 4.69) is 26.0 Å². The molecule has 0 aromatic heterocycles. The molecule has 0 bridgehead atoms. The van der Waals surface area contributed by atoms with Gasteiger partial charge in [-0.1, -0.05) is 44.2 Å². The molecule has 0 radical (unpaired) electrons. The van der Waals surface area contributed by atoms with E-state index in [-0.39, 0.29) is 11.3 Å². The van der Waals surface area contributed by atoms with Crippen LogP contribution in [0.1, 0.15) is 32.3 Å². The summed E-state index contributed by atoms with van der Waals surface area (Å²) >= 11 is 0. The second-order valence-electron chi connectivity index (χ2n) is 6.13. The first-order valence-corrected chi connectivity index (χ1v) is 7.07. The lowest BCUT2D eigenvalue weighted by Crippen LogP contribution is -2.34. The van der Waals surface area contributed by atoms with Crippen LogP contribution in [-0.2, 0) is 11.3 Å². The third kappa shape index (κ3) is 3.57. The van der Waals surface area contributed by atoms with Gasteiger partial charge in [-0.05, 0) is 30.4 Å². The van der Waals surface area contributed by atoms with Crippen molar-refractivity contribution in [2.45, 2.75) is 33.2 Å². The molecular formula is C16H24N2O. The Kier molecular flexibility index (Phi) is 4.25. The van der Waals surface area contributed by atoms with E-state index < -0.39 is 0 Å². The van der Waals surface area contributed by atoms with Crippen LogP contribution >= 0.6 is 0 Å². The fourth-order valence-corrected chi connectivity index (χ4v) is 2.46. The number of carbonyl (C=O) groups is 1. The van der Waals surface area contributed by atoms with Crippen molar-refractivity contribution in [2.75, 3.05) is 13.1 Å². The van der Waals surface area contributed by atoms with Crippen LogP contribution in [0.15, 0.2) is 30.3 Å². The molecule has 1 aliphatic rings. The number of hydrogen-bond donors (Lipinski definition) is 1. The molecule has 1 saturated carbocycles. The van der Waals surface area contributed by atoms with Gasteiger partial charge in [0.2, 0.25) is 5.91 Å². The Labute approximate surface area is 115 Å². The second-order valence-corrected chi connectivity index (χ2v) is 6.13. The van der Waals surface area contributed by atoms with Crippen LogP contribution in [0.4, 0.5) is 0 Å². The number of nitrogens with two attached hydrogens (primary N) is 1. The molecular weight excluding hydrogens is 236 g/mol. The van der Waals surface area contributed by atoms with E-state index in [0.29, 0.717) is 19.0 Å². The van der Waals surface area contributed by atoms with Crippen molar-refractivity contribution >= 4 is 5.91 Å². The van der Waals surface area contributed by atoms with Crippen LogP contribution in [0.3, 0.4) is 0 Å². The highest BCUT2D eigenvalue weighted by molar-refractivity contribution is 5.82. The van der Waals surface area contributed by atoms with Gasteiger partial charge in [0.25, 0.3) is 0 Å². The predicted molar refractivity (Wildman–Crippen MR) is 77.4 cm³/mol. The first-order valence-electron chi connectivity index (χ1n) is 7.07. The summed E-state index contributed by atoms with van der Waals surface area (Å²) in [5.74, 6) is 0.497. The average Bonchev–Trinajstić information content (AvgIpc) is 3.04. The maximum absolute atomic E-state index is 12.5. The zero-order valence-corrected chi connectivity index (χ0v) is 11.9. The Morgan fingerprint density at radius 2 is 2.00 bits per heavy atom. The summed E-state index contributed by atoms with van der Waals surface area (Å²) in [6.45, 7) is 6.42. The quantitative estimate of drug-likeness (QED) is 0.853. The summed E-state index contributed by atoms with van der Waals surface area (Å²) < 4.78 is 0. The molecule has 1 atom stereocenters. The number of amides is 1. The Morgan fingerprint density at radius 1 is 1.37 bits per heavy atom. The van der Waals surface area contributed by atoms with Crippen molar-refractivity contribution < 1.29 is 4.79 Å². The molecule has 1 aliphatic carbocycles. The summed E-state index contributed by atoms with van der Waals surface area (Å²) in [5.41, 5.74) is 6.95. The van der Waals surface area contributed by atoms with E-state index in [1.807, 2.05) is 23.1 Å².